The summed E-state index contributed by atoms with van der Waals surface area (Å²) in [7, 11) is 0. The quantitative estimate of drug-likeness (QED) is 0.324. The van der Waals surface area contributed by atoms with E-state index in [1.807, 2.05) is 43.3 Å². The maximum atomic E-state index is 15.1. The van der Waals surface area contributed by atoms with Gasteiger partial charge in [-0.1, -0.05) is 65.7 Å². The fourth-order valence-electron chi connectivity index (χ4n) is 8.20. The molecule has 6 unspecified atom stereocenters. The van der Waals surface area contributed by atoms with E-state index in [0.717, 1.165) is 16.1 Å². The lowest BCUT2D eigenvalue weighted by Gasteiger charge is -2.50. The van der Waals surface area contributed by atoms with Crippen LogP contribution in [0.5, 0.6) is 5.75 Å². The number of nitrogens with one attached hydrogen (secondary N) is 1. The fraction of sp³-hybridized carbons (Fsp3) is 0.314. The molecule has 9 heteroatoms. The molecular formula is C35H32FN3O5. The molecule has 4 amide bonds. The number of halogens is 1. The molecule has 0 bridgehead atoms. The van der Waals surface area contributed by atoms with Gasteiger partial charge in [0.25, 0.3) is 11.8 Å². The molecule has 8 nitrogen and oxygen atoms in total. The van der Waals surface area contributed by atoms with Gasteiger partial charge in [-0.25, -0.2) is 4.39 Å². The van der Waals surface area contributed by atoms with E-state index >= 15 is 4.39 Å². The number of carbonyl (C=O) groups excluding carboxylic acids is 4. The SMILES string of the molecule is CCN1C(=O)C2CC=C3C(CC4C(=O)N(Nc5ccc(C)cc5)C(=O)C4(c4ccccc4)C3c3ccc(O)c(F)c3)C2C1=O. The molecule has 3 aromatic carbocycles. The van der Waals surface area contributed by atoms with Gasteiger partial charge in [-0.3, -0.25) is 29.5 Å². The van der Waals surface area contributed by atoms with Gasteiger partial charge in [-0.05, 0) is 68.0 Å². The smallest absolute Gasteiger partial charge is 0.260 e. The average Bonchev–Trinajstić information content (AvgIpc) is 3.40. The van der Waals surface area contributed by atoms with Crippen molar-refractivity contribution < 1.29 is 28.7 Å². The number of carbonyl (C=O) groups is 4. The summed E-state index contributed by atoms with van der Waals surface area (Å²) < 4.78 is 15.1. The second-order valence-electron chi connectivity index (χ2n) is 12.2. The van der Waals surface area contributed by atoms with Crippen molar-refractivity contribution in [3.63, 3.8) is 0 Å². The molecule has 2 N–H and O–H groups in total. The van der Waals surface area contributed by atoms with Crippen molar-refractivity contribution >= 4 is 29.3 Å². The molecule has 224 valence electrons. The molecule has 4 aliphatic rings. The minimum absolute atomic E-state index is 0.173. The van der Waals surface area contributed by atoms with Crippen LogP contribution in [0.1, 0.15) is 42.4 Å². The summed E-state index contributed by atoms with van der Waals surface area (Å²) in [6.07, 6.45) is 2.41. The van der Waals surface area contributed by atoms with Gasteiger partial charge in [-0.15, -0.1) is 0 Å². The van der Waals surface area contributed by atoms with Gasteiger partial charge in [-0.2, -0.15) is 5.01 Å². The number of rotatable bonds is 5. The van der Waals surface area contributed by atoms with Crippen molar-refractivity contribution in [3.05, 3.63) is 107 Å². The Labute approximate surface area is 254 Å². The number of amides is 4. The van der Waals surface area contributed by atoms with E-state index in [-0.39, 0.29) is 24.8 Å². The average molecular weight is 594 g/mol. The molecule has 2 heterocycles. The number of phenols is 1. The summed E-state index contributed by atoms with van der Waals surface area (Å²) >= 11 is 0. The molecule has 3 aromatic rings. The van der Waals surface area contributed by atoms with E-state index in [9.17, 15) is 24.3 Å². The molecule has 0 radical (unpaired) electrons. The molecule has 0 aromatic heterocycles. The van der Waals surface area contributed by atoms with Crippen LogP contribution in [0.25, 0.3) is 0 Å². The fourth-order valence-corrected chi connectivity index (χ4v) is 8.20. The van der Waals surface area contributed by atoms with E-state index in [4.69, 9.17) is 0 Å². The van der Waals surface area contributed by atoms with Crippen LogP contribution in [0.15, 0.2) is 84.4 Å². The van der Waals surface area contributed by atoms with Crippen LogP contribution in [-0.4, -0.2) is 45.2 Å². The highest BCUT2D eigenvalue weighted by atomic mass is 19.1. The van der Waals surface area contributed by atoms with Crippen molar-refractivity contribution in [2.24, 2.45) is 23.7 Å². The van der Waals surface area contributed by atoms with E-state index in [2.05, 4.69) is 5.43 Å². The number of nitrogens with zero attached hydrogens (tertiary/aromatic N) is 2. The van der Waals surface area contributed by atoms with Gasteiger partial charge >= 0.3 is 0 Å². The van der Waals surface area contributed by atoms with E-state index < -0.39 is 58.4 Å². The molecule has 2 saturated heterocycles. The normalized spacial score (nSPS) is 29.3. The topological polar surface area (TPSA) is 107 Å². The van der Waals surface area contributed by atoms with Crippen molar-refractivity contribution in [2.75, 3.05) is 12.0 Å². The van der Waals surface area contributed by atoms with Gasteiger partial charge in [0.1, 0.15) is 0 Å². The Morgan fingerprint density at radius 2 is 1.66 bits per heavy atom. The summed E-state index contributed by atoms with van der Waals surface area (Å²) in [5.41, 5.74) is 4.88. The third kappa shape index (κ3) is 3.81. The zero-order valence-corrected chi connectivity index (χ0v) is 24.4. The monoisotopic (exact) mass is 593 g/mol. The largest absolute Gasteiger partial charge is 0.505 e. The Balaban J connectivity index is 1.46. The number of hydrazine groups is 1. The van der Waals surface area contributed by atoms with E-state index in [0.29, 0.717) is 23.2 Å². The molecular weight excluding hydrogens is 561 g/mol. The number of benzene rings is 3. The van der Waals surface area contributed by atoms with Crippen molar-refractivity contribution in [1.29, 1.82) is 0 Å². The highest BCUT2D eigenvalue weighted by Gasteiger charge is 2.70. The summed E-state index contributed by atoms with van der Waals surface area (Å²) in [6.45, 7) is 3.95. The Hall–Kier alpha value is -4.79. The van der Waals surface area contributed by atoms with Crippen LogP contribution in [-0.2, 0) is 24.6 Å². The number of likely N-dealkylation sites (tertiary alicyclic amines) is 1. The maximum Gasteiger partial charge on any atom is 0.260 e. The van der Waals surface area contributed by atoms with Crippen LogP contribution in [0.3, 0.4) is 0 Å². The lowest BCUT2D eigenvalue weighted by atomic mass is 9.49. The van der Waals surface area contributed by atoms with Gasteiger partial charge < -0.3 is 5.11 Å². The predicted octanol–water partition coefficient (Wildman–Crippen LogP) is 4.84. The van der Waals surface area contributed by atoms with Crippen LogP contribution in [0, 0.1) is 36.4 Å². The lowest BCUT2D eigenvalue weighted by molar-refractivity contribution is -0.141. The third-order valence-electron chi connectivity index (χ3n) is 10.1. The Bertz CT molecular complexity index is 1740. The summed E-state index contributed by atoms with van der Waals surface area (Å²) in [6, 6.07) is 20.4. The van der Waals surface area contributed by atoms with Crippen LogP contribution in [0.2, 0.25) is 0 Å². The number of allylic oxidation sites excluding steroid dienone is 2. The summed E-state index contributed by atoms with van der Waals surface area (Å²) in [5.74, 6) is -6.31. The second-order valence-corrected chi connectivity index (χ2v) is 12.2. The zero-order chi connectivity index (χ0) is 30.9. The number of aryl methyl sites for hydroxylation is 1. The first-order chi connectivity index (χ1) is 21.2. The number of phenolic OH excluding ortho intramolecular Hbond substituents is 1. The van der Waals surface area contributed by atoms with Gasteiger partial charge in [0, 0.05) is 12.5 Å². The first-order valence-electron chi connectivity index (χ1n) is 15.0. The molecule has 3 fully saturated rings. The van der Waals surface area contributed by atoms with Crippen molar-refractivity contribution in [2.45, 2.75) is 38.0 Å². The Morgan fingerprint density at radius 3 is 2.34 bits per heavy atom. The standard InChI is InChI=1S/C35H32FN3O5/c1-3-38-31(41)24-15-14-23-25(29(24)33(38)43)18-26-32(42)39(37-22-12-9-19(2)10-13-22)34(44)35(26,21-7-5-4-6-8-21)30(23)20-11-16-28(40)27(36)17-20/h4-14,16-17,24-26,29-30,37,40H,3,15,18H2,1-2H3. The first-order valence-corrected chi connectivity index (χ1v) is 15.0. The number of hydrogen-bond acceptors (Lipinski definition) is 6. The summed E-state index contributed by atoms with van der Waals surface area (Å²) in [4.78, 5) is 57.7. The number of imide groups is 2. The van der Waals surface area contributed by atoms with Crippen LogP contribution < -0.4 is 5.43 Å². The van der Waals surface area contributed by atoms with Gasteiger partial charge in [0.2, 0.25) is 11.8 Å². The molecule has 44 heavy (non-hydrogen) atoms. The third-order valence-corrected chi connectivity index (χ3v) is 10.1. The van der Waals surface area contributed by atoms with Crippen LogP contribution in [0.4, 0.5) is 10.1 Å². The predicted molar refractivity (Wildman–Crippen MR) is 159 cm³/mol. The van der Waals surface area contributed by atoms with Gasteiger partial charge in [0.15, 0.2) is 11.6 Å². The number of fused-ring (bicyclic) bond motifs is 4. The lowest BCUT2D eigenvalue weighted by Crippen LogP contribution is -2.53. The molecule has 2 aliphatic carbocycles. The molecule has 1 saturated carbocycles. The second kappa shape index (κ2) is 10.1. The van der Waals surface area contributed by atoms with Gasteiger partial charge in [0.05, 0.1) is 28.9 Å². The molecule has 2 aliphatic heterocycles. The number of aromatic hydroxyl groups is 1. The summed E-state index contributed by atoms with van der Waals surface area (Å²) in [5, 5.41) is 11.2. The maximum absolute atomic E-state index is 15.1. The van der Waals surface area contributed by atoms with E-state index in [1.165, 1.54) is 17.0 Å². The van der Waals surface area contributed by atoms with Crippen molar-refractivity contribution in [1.82, 2.24) is 9.91 Å². The molecule has 0 spiro atoms. The Morgan fingerprint density at radius 1 is 0.932 bits per heavy atom. The minimum Gasteiger partial charge on any atom is -0.505 e. The molecule has 7 rings (SSSR count). The molecule has 6 atom stereocenters. The number of anilines is 1. The van der Waals surface area contributed by atoms with E-state index in [1.54, 1.807) is 37.3 Å². The highest BCUT2D eigenvalue weighted by Crippen LogP contribution is 2.64. The van der Waals surface area contributed by atoms with Crippen molar-refractivity contribution in [3.8, 4) is 5.75 Å². The minimum atomic E-state index is -1.48. The van der Waals surface area contributed by atoms with Crippen LogP contribution >= 0.6 is 0 Å². The Kier molecular flexibility index (Phi) is 6.46. The first kappa shape index (κ1) is 28.0. The number of hydrogen-bond donors (Lipinski definition) is 2. The zero-order valence-electron chi connectivity index (χ0n) is 24.4. The highest BCUT2D eigenvalue weighted by molar-refractivity contribution is 6.13.